The summed E-state index contributed by atoms with van der Waals surface area (Å²) in [7, 11) is -1.30. The first kappa shape index (κ1) is 23.0. The summed E-state index contributed by atoms with van der Waals surface area (Å²) in [5, 5.41) is 8.92. The van der Waals surface area contributed by atoms with Gasteiger partial charge in [0.25, 0.3) is 0 Å². The van der Waals surface area contributed by atoms with Crippen LogP contribution >= 0.6 is 15.8 Å². The van der Waals surface area contributed by atoms with Crippen molar-refractivity contribution in [2.24, 2.45) is 5.92 Å². The monoisotopic (exact) mass is 476 g/mol. The molecule has 0 aromatic heterocycles. The molecule has 0 spiro atoms. The Morgan fingerprint density at radius 3 is 1.15 bits per heavy atom. The molecule has 34 heavy (non-hydrogen) atoms. The van der Waals surface area contributed by atoms with E-state index >= 15 is 0 Å². The first-order chi connectivity index (χ1) is 16.7. The normalized spacial score (nSPS) is 16.1. The Bertz CT molecular complexity index is 1230. The molecule has 0 N–H and O–H groups in total. The fourth-order valence-corrected chi connectivity index (χ4v) is 10.9. The van der Waals surface area contributed by atoms with Gasteiger partial charge in [0.05, 0.1) is 0 Å². The van der Waals surface area contributed by atoms with Gasteiger partial charge in [-0.3, -0.25) is 0 Å². The molecule has 1 atom stereocenters. The maximum atomic E-state index is 2.42. The van der Waals surface area contributed by atoms with Crippen molar-refractivity contribution in [2.45, 2.75) is 20.8 Å². The van der Waals surface area contributed by atoms with E-state index in [0.717, 1.165) is 0 Å². The molecule has 0 amide bonds. The van der Waals surface area contributed by atoms with Crippen LogP contribution in [-0.4, -0.2) is 0 Å². The minimum absolute atomic E-state index is 0.430. The van der Waals surface area contributed by atoms with Gasteiger partial charge in [-0.15, -0.1) is 0 Å². The van der Waals surface area contributed by atoms with Crippen LogP contribution in [-0.2, 0) is 0 Å². The van der Waals surface area contributed by atoms with Crippen LogP contribution in [0.4, 0.5) is 0 Å². The predicted molar refractivity (Wildman–Crippen MR) is 153 cm³/mol. The maximum Gasteiger partial charge on any atom is 0.00404 e. The lowest BCUT2D eigenvalue weighted by Gasteiger charge is -2.29. The van der Waals surface area contributed by atoms with Crippen molar-refractivity contribution in [2.75, 3.05) is 0 Å². The molecular weight excluding hydrogens is 446 g/mol. The van der Waals surface area contributed by atoms with Gasteiger partial charge in [0.1, 0.15) is 0 Å². The van der Waals surface area contributed by atoms with Crippen molar-refractivity contribution in [3.05, 3.63) is 143 Å². The summed E-state index contributed by atoms with van der Waals surface area (Å²) in [6.45, 7) is 7.13. The number of benzene rings is 4. The highest BCUT2D eigenvalue weighted by molar-refractivity contribution is 7.80. The Hall–Kier alpha value is -2.78. The molecule has 0 aliphatic heterocycles. The summed E-state index contributed by atoms with van der Waals surface area (Å²) < 4.78 is 0. The summed E-state index contributed by atoms with van der Waals surface area (Å²) >= 11 is 0. The summed E-state index contributed by atoms with van der Waals surface area (Å²) in [4.78, 5) is 0. The Morgan fingerprint density at radius 1 is 0.471 bits per heavy atom. The predicted octanol–water partition coefficient (Wildman–Crippen LogP) is 7.45. The molecule has 5 rings (SSSR count). The van der Waals surface area contributed by atoms with E-state index in [1.54, 1.807) is 10.6 Å². The van der Waals surface area contributed by atoms with Crippen LogP contribution in [0.25, 0.3) is 0 Å². The molecule has 0 bridgehead atoms. The maximum absolute atomic E-state index is 2.42. The molecular formula is C32H30P2. The van der Waals surface area contributed by atoms with Crippen molar-refractivity contribution < 1.29 is 0 Å². The van der Waals surface area contributed by atoms with Gasteiger partial charge < -0.3 is 0 Å². The molecule has 0 saturated carbocycles. The molecule has 0 heterocycles. The Morgan fingerprint density at radius 2 is 0.794 bits per heavy atom. The zero-order valence-electron chi connectivity index (χ0n) is 20.0. The Balaban J connectivity index is 1.82. The zero-order chi connectivity index (χ0) is 23.5. The van der Waals surface area contributed by atoms with Crippen LogP contribution in [0.3, 0.4) is 0 Å². The lowest BCUT2D eigenvalue weighted by atomic mass is 10.1. The number of hydrogen-bond acceptors (Lipinski definition) is 0. The minimum atomic E-state index is -0.659. The van der Waals surface area contributed by atoms with Crippen molar-refractivity contribution in [3.63, 3.8) is 0 Å². The van der Waals surface area contributed by atoms with E-state index < -0.39 is 15.8 Å². The molecule has 1 unspecified atom stereocenters. The second-order valence-corrected chi connectivity index (χ2v) is 13.1. The highest BCUT2D eigenvalue weighted by Crippen LogP contribution is 2.63. The second-order valence-electron chi connectivity index (χ2n) is 8.78. The Labute approximate surface area is 206 Å². The summed E-state index contributed by atoms with van der Waals surface area (Å²) in [5.74, 6) is 0.430. The van der Waals surface area contributed by atoms with E-state index in [1.165, 1.54) is 32.4 Å². The fourth-order valence-electron chi connectivity index (χ4n) is 4.84. The molecule has 4 aromatic rings. The van der Waals surface area contributed by atoms with Crippen LogP contribution in [0.5, 0.6) is 0 Å². The van der Waals surface area contributed by atoms with Crippen LogP contribution in [0, 0.1) is 5.92 Å². The molecule has 1 aliphatic carbocycles. The summed E-state index contributed by atoms with van der Waals surface area (Å²) in [5.41, 5.74) is 3.00. The average molecular weight is 477 g/mol. The van der Waals surface area contributed by atoms with E-state index in [0.29, 0.717) is 5.92 Å². The standard InChI is InChI=1S/C32H30P2/c1-24-25(2)31(33(27-16-8-4-9-17-27)28-18-10-5-11-19-28)32(26(24)3)34(29-20-12-6-13-21-29)30-22-14-7-15-23-30/h4-23,25H,1-3H3. The molecule has 2 heteroatoms. The van der Waals surface area contributed by atoms with E-state index in [1.807, 2.05) is 0 Å². The average Bonchev–Trinajstić information content (AvgIpc) is 3.11. The van der Waals surface area contributed by atoms with Crippen molar-refractivity contribution in [1.82, 2.24) is 0 Å². The summed E-state index contributed by atoms with van der Waals surface area (Å²) in [6, 6.07) is 44.6. The van der Waals surface area contributed by atoms with Gasteiger partial charge in [0.2, 0.25) is 0 Å². The van der Waals surface area contributed by atoms with Gasteiger partial charge in [0.15, 0.2) is 0 Å². The molecule has 0 nitrogen and oxygen atoms in total. The van der Waals surface area contributed by atoms with Crippen LogP contribution in [0.15, 0.2) is 143 Å². The van der Waals surface area contributed by atoms with Gasteiger partial charge in [-0.25, -0.2) is 0 Å². The van der Waals surface area contributed by atoms with E-state index in [9.17, 15) is 0 Å². The van der Waals surface area contributed by atoms with Gasteiger partial charge in [-0.05, 0) is 67.1 Å². The first-order valence-electron chi connectivity index (χ1n) is 11.9. The van der Waals surface area contributed by atoms with Crippen LogP contribution in [0.2, 0.25) is 0 Å². The highest BCUT2D eigenvalue weighted by atomic mass is 31.1. The van der Waals surface area contributed by atoms with Crippen molar-refractivity contribution in [3.8, 4) is 0 Å². The van der Waals surface area contributed by atoms with E-state index in [2.05, 4.69) is 142 Å². The lowest BCUT2D eigenvalue weighted by Crippen LogP contribution is -2.18. The van der Waals surface area contributed by atoms with Gasteiger partial charge in [0, 0.05) is 5.92 Å². The number of rotatable bonds is 6. The van der Waals surface area contributed by atoms with Gasteiger partial charge in [-0.1, -0.05) is 134 Å². The fraction of sp³-hybridized carbons (Fsp3) is 0.125. The molecule has 4 aromatic carbocycles. The third-order valence-corrected chi connectivity index (χ3v) is 12.3. The van der Waals surface area contributed by atoms with Crippen LogP contribution < -0.4 is 21.2 Å². The zero-order valence-corrected chi connectivity index (χ0v) is 21.8. The molecule has 0 saturated heterocycles. The number of hydrogen-bond donors (Lipinski definition) is 0. The van der Waals surface area contributed by atoms with Gasteiger partial charge in [-0.2, -0.15) is 0 Å². The lowest BCUT2D eigenvalue weighted by molar-refractivity contribution is 0.860. The largest absolute Gasteiger partial charge is 0.0624 e. The molecule has 0 fully saturated rings. The van der Waals surface area contributed by atoms with E-state index in [4.69, 9.17) is 0 Å². The molecule has 168 valence electrons. The quantitative estimate of drug-likeness (QED) is 0.254. The third-order valence-electron chi connectivity index (χ3n) is 6.77. The van der Waals surface area contributed by atoms with Crippen molar-refractivity contribution >= 4 is 37.1 Å². The molecule has 1 aliphatic rings. The molecule has 0 radical (unpaired) electrons. The number of allylic oxidation sites excluding steroid dienone is 4. The van der Waals surface area contributed by atoms with Crippen molar-refractivity contribution in [1.29, 1.82) is 0 Å². The Kier molecular flexibility index (Phi) is 6.92. The highest BCUT2D eigenvalue weighted by Gasteiger charge is 2.37. The minimum Gasteiger partial charge on any atom is -0.0624 e. The second kappa shape index (κ2) is 10.2. The van der Waals surface area contributed by atoms with Gasteiger partial charge >= 0.3 is 0 Å². The summed E-state index contributed by atoms with van der Waals surface area (Å²) in [6.07, 6.45) is 0. The van der Waals surface area contributed by atoms with Crippen LogP contribution in [0.1, 0.15) is 20.8 Å². The topological polar surface area (TPSA) is 0 Å². The first-order valence-corrected chi connectivity index (χ1v) is 14.6. The van der Waals surface area contributed by atoms with E-state index in [-0.39, 0.29) is 0 Å². The third kappa shape index (κ3) is 4.34. The SMILES string of the molecule is CC1=C(C)C(C)C(P(c2ccccc2)c2ccccc2)=C1P(c1ccccc1)c1ccccc1. The smallest absolute Gasteiger partial charge is 0.00404 e.